The summed E-state index contributed by atoms with van der Waals surface area (Å²) in [6, 6.07) is 11.4. The van der Waals surface area contributed by atoms with Gasteiger partial charge in [0.15, 0.2) is 0 Å². The Morgan fingerprint density at radius 1 is 0.657 bits per heavy atom. The number of benzene rings is 2. The third-order valence-electron chi connectivity index (χ3n) is 4.29. The van der Waals surface area contributed by atoms with Gasteiger partial charge in [0.2, 0.25) is 0 Å². The van der Waals surface area contributed by atoms with Crippen molar-refractivity contribution < 1.29 is 24.1 Å². The maximum Gasteiger partial charge on any atom is 0.356 e. The normalized spacial score (nSPS) is 10.7. The number of nitro groups is 2. The summed E-state index contributed by atoms with van der Waals surface area (Å²) in [5, 5.41) is 44.6. The molecule has 0 unspecified atom stereocenters. The number of aromatic nitrogens is 8. The van der Waals surface area contributed by atoms with Gasteiger partial charge in [-0.2, -0.15) is 0 Å². The lowest BCUT2D eigenvalue weighted by Gasteiger charge is -2.04. The van der Waals surface area contributed by atoms with Crippen LogP contribution in [-0.2, 0) is 4.74 Å². The van der Waals surface area contributed by atoms with Gasteiger partial charge in [-0.3, -0.25) is 20.2 Å². The standard InChI is InChI=1S/C18H16N10O7/c29-27(30)15-5-1-13(2-6-15)25-21-17(19-23-25)34-11-9-33-10-12-35-18-20-24-26(22-18)14-3-7-16(8-4-14)28(31)32/h1-8H,9-12H2. The first kappa shape index (κ1) is 23.1. The van der Waals surface area contributed by atoms with Gasteiger partial charge in [-0.25, -0.2) is 0 Å². The van der Waals surface area contributed by atoms with Gasteiger partial charge < -0.3 is 14.2 Å². The van der Waals surface area contributed by atoms with Crippen molar-refractivity contribution >= 4 is 11.4 Å². The fraction of sp³-hybridized carbons (Fsp3) is 0.222. The highest BCUT2D eigenvalue weighted by Gasteiger charge is 2.10. The Hall–Kier alpha value is -5.06. The van der Waals surface area contributed by atoms with E-state index in [0.29, 0.717) is 11.4 Å². The molecule has 0 radical (unpaired) electrons. The second-order valence-corrected chi connectivity index (χ2v) is 6.58. The Kier molecular flexibility index (Phi) is 7.07. The largest absolute Gasteiger partial charge is 0.459 e. The van der Waals surface area contributed by atoms with E-state index in [-0.39, 0.29) is 49.8 Å². The molecule has 2 aromatic carbocycles. The van der Waals surface area contributed by atoms with Crippen molar-refractivity contribution in [2.75, 3.05) is 26.4 Å². The van der Waals surface area contributed by atoms with Crippen LogP contribution in [0.15, 0.2) is 48.5 Å². The van der Waals surface area contributed by atoms with Crippen LogP contribution in [-0.4, -0.2) is 76.7 Å². The van der Waals surface area contributed by atoms with Gasteiger partial charge in [0.05, 0.1) is 34.4 Å². The maximum atomic E-state index is 10.7. The number of hydrogen-bond acceptors (Lipinski definition) is 13. The molecule has 0 aliphatic heterocycles. The highest BCUT2D eigenvalue weighted by molar-refractivity contribution is 5.40. The molecule has 35 heavy (non-hydrogen) atoms. The lowest BCUT2D eigenvalue weighted by Crippen LogP contribution is -2.13. The molecular formula is C18H16N10O7. The van der Waals surface area contributed by atoms with E-state index in [4.69, 9.17) is 14.2 Å². The van der Waals surface area contributed by atoms with Crippen LogP contribution in [0.2, 0.25) is 0 Å². The zero-order chi connectivity index (χ0) is 24.6. The molecule has 0 saturated carbocycles. The SMILES string of the molecule is O=[N+]([O-])c1ccc(-n2nnc(OCCOCCOc3nnn(-c4ccc([N+](=O)[O-])cc4)n3)n2)cc1. The molecule has 0 saturated heterocycles. The van der Waals surface area contributed by atoms with Crippen LogP contribution < -0.4 is 9.47 Å². The Morgan fingerprint density at radius 3 is 1.43 bits per heavy atom. The maximum absolute atomic E-state index is 10.7. The van der Waals surface area contributed by atoms with Gasteiger partial charge in [-0.05, 0) is 34.7 Å². The summed E-state index contributed by atoms with van der Waals surface area (Å²) in [5.74, 6) is 0. The molecule has 0 fully saturated rings. The van der Waals surface area contributed by atoms with Crippen molar-refractivity contribution in [3.05, 3.63) is 68.8 Å². The van der Waals surface area contributed by atoms with Crippen LogP contribution in [0.5, 0.6) is 12.0 Å². The summed E-state index contributed by atoms with van der Waals surface area (Å²) in [4.78, 5) is 22.8. The van der Waals surface area contributed by atoms with Crippen LogP contribution in [0.1, 0.15) is 0 Å². The van der Waals surface area contributed by atoms with Crippen molar-refractivity contribution in [3.63, 3.8) is 0 Å². The van der Waals surface area contributed by atoms with E-state index in [1.165, 1.54) is 58.1 Å². The molecule has 17 heteroatoms. The predicted molar refractivity (Wildman–Crippen MR) is 113 cm³/mol. The third kappa shape index (κ3) is 6.05. The summed E-state index contributed by atoms with van der Waals surface area (Å²) >= 11 is 0. The van der Waals surface area contributed by atoms with Crippen LogP contribution in [0.3, 0.4) is 0 Å². The zero-order valence-electron chi connectivity index (χ0n) is 17.8. The number of ether oxygens (including phenoxy) is 3. The predicted octanol–water partition coefficient (Wildman–Crippen LogP) is 0.929. The van der Waals surface area contributed by atoms with Gasteiger partial charge >= 0.3 is 12.0 Å². The lowest BCUT2D eigenvalue weighted by molar-refractivity contribution is -0.385. The van der Waals surface area contributed by atoms with Crippen molar-refractivity contribution in [1.29, 1.82) is 0 Å². The van der Waals surface area contributed by atoms with Crippen molar-refractivity contribution in [1.82, 2.24) is 40.4 Å². The molecule has 0 spiro atoms. The van der Waals surface area contributed by atoms with E-state index < -0.39 is 9.85 Å². The van der Waals surface area contributed by atoms with Gasteiger partial charge in [-0.15, -0.1) is 9.59 Å². The van der Waals surface area contributed by atoms with Crippen molar-refractivity contribution in [2.45, 2.75) is 0 Å². The fourth-order valence-electron chi connectivity index (χ4n) is 2.64. The van der Waals surface area contributed by atoms with E-state index >= 15 is 0 Å². The van der Waals surface area contributed by atoms with E-state index in [1.807, 2.05) is 0 Å². The molecular weight excluding hydrogens is 468 g/mol. The number of tetrazole rings is 2. The van der Waals surface area contributed by atoms with Crippen LogP contribution in [0, 0.1) is 20.2 Å². The summed E-state index contributed by atoms with van der Waals surface area (Å²) < 4.78 is 16.1. The lowest BCUT2D eigenvalue weighted by atomic mass is 10.3. The monoisotopic (exact) mass is 484 g/mol. The minimum Gasteiger partial charge on any atom is -0.459 e. The number of nitro benzene ring substituents is 2. The Balaban J connectivity index is 1.14. The minimum atomic E-state index is -0.500. The van der Waals surface area contributed by atoms with E-state index in [2.05, 4.69) is 30.8 Å². The molecule has 2 aromatic heterocycles. The quantitative estimate of drug-likeness (QED) is 0.156. The second kappa shape index (κ2) is 10.7. The highest BCUT2D eigenvalue weighted by atomic mass is 16.6. The highest BCUT2D eigenvalue weighted by Crippen LogP contribution is 2.15. The van der Waals surface area contributed by atoms with E-state index in [0.717, 1.165) is 0 Å². The van der Waals surface area contributed by atoms with Gasteiger partial charge in [0.25, 0.3) is 11.4 Å². The molecule has 17 nitrogen and oxygen atoms in total. The first-order valence-corrected chi connectivity index (χ1v) is 9.92. The number of hydrogen-bond donors (Lipinski definition) is 0. The molecule has 4 aromatic rings. The first-order chi connectivity index (χ1) is 17.0. The number of rotatable bonds is 12. The van der Waals surface area contributed by atoms with Crippen molar-refractivity contribution in [3.8, 4) is 23.4 Å². The fourth-order valence-corrected chi connectivity index (χ4v) is 2.64. The Labute approximate surface area is 195 Å². The smallest absolute Gasteiger partial charge is 0.356 e. The minimum absolute atomic E-state index is 0.0234. The molecule has 0 aliphatic rings. The molecule has 4 rings (SSSR count). The van der Waals surface area contributed by atoms with Gasteiger partial charge in [-0.1, -0.05) is 20.4 Å². The average Bonchev–Trinajstić information content (AvgIpc) is 3.54. The average molecular weight is 484 g/mol. The molecule has 2 heterocycles. The summed E-state index contributed by atoms with van der Waals surface area (Å²) in [5.41, 5.74) is 0.892. The van der Waals surface area contributed by atoms with Crippen LogP contribution in [0.25, 0.3) is 11.4 Å². The molecule has 0 atom stereocenters. The summed E-state index contributed by atoms with van der Waals surface area (Å²) in [7, 11) is 0. The molecule has 0 amide bonds. The second-order valence-electron chi connectivity index (χ2n) is 6.58. The Morgan fingerprint density at radius 2 is 1.06 bits per heavy atom. The summed E-state index contributed by atoms with van der Waals surface area (Å²) in [6.07, 6.45) is 0. The first-order valence-electron chi connectivity index (χ1n) is 9.92. The van der Waals surface area contributed by atoms with Crippen LogP contribution in [0.4, 0.5) is 11.4 Å². The molecule has 0 bridgehead atoms. The Bertz CT molecular complexity index is 1190. The van der Waals surface area contributed by atoms with E-state index in [9.17, 15) is 20.2 Å². The van der Waals surface area contributed by atoms with Crippen molar-refractivity contribution in [2.24, 2.45) is 0 Å². The molecule has 180 valence electrons. The number of non-ortho nitro benzene ring substituents is 2. The third-order valence-corrected chi connectivity index (χ3v) is 4.29. The number of nitrogens with zero attached hydrogens (tertiary/aromatic N) is 10. The van der Waals surface area contributed by atoms with Crippen LogP contribution >= 0.6 is 0 Å². The topological polar surface area (TPSA) is 201 Å². The van der Waals surface area contributed by atoms with E-state index in [1.54, 1.807) is 0 Å². The molecule has 0 N–H and O–H groups in total. The van der Waals surface area contributed by atoms with Gasteiger partial charge in [0.1, 0.15) is 13.2 Å². The summed E-state index contributed by atoms with van der Waals surface area (Å²) in [6.45, 7) is 0.748. The zero-order valence-corrected chi connectivity index (χ0v) is 17.8. The van der Waals surface area contributed by atoms with Gasteiger partial charge in [0, 0.05) is 24.3 Å². The molecule has 0 aliphatic carbocycles.